The zero-order chi connectivity index (χ0) is 18.9. The Morgan fingerprint density at radius 1 is 0.962 bits per heavy atom. The monoisotopic (exact) mass is 367 g/mol. The van der Waals surface area contributed by atoms with Gasteiger partial charge in [-0.05, 0) is 12.8 Å². The average molecular weight is 368 g/mol. The fourth-order valence-electron chi connectivity index (χ4n) is 2.10. The highest BCUT2D eigenvalue weighted by Gasteiger charge is 2.17. The number of carbonyl (C=O) groups excluding carboxylic acids is 1. The van der Waals surface area contributed by atoms with E-state index in [-0.39, 0.29) is 5.78 Å². The van der Waals surface area contributed by atoms with E-state index in [0.29, 0.717) is 11.0 Å². The molecule has 0 radical (unpaired) electrons. The minimum atomic E-state index is 0.103. The molecule has 136 valence electrons. The Bertz CT molecular complexity index is 751. The Morgan fingerprint density at radius 2 is 1.46 bits per heavy atom. The molecule has 0 aliphatic rings. The van der Waals surface area contributed by atoms with Gasteiger partial charge < -0.3 is 4.42 Å². The summed E-state index contributed by atoms with van der Waals surface area (Å²) in [6.07, 6.45) is 0. The largest absolute Gasteiger partial charge is 0.431 e. The number of oxazole rings is 1. The van der Waals surface area contributed by atoms with Crippen molar-refractivity contribution in [2.45, 2.75) is 32.9 Å². The zero-order valence-electron chi connectivity index (χ0n) is 15.7. The Morgan fingerprint density at radius 3 is 1.96 bits per heavy atom. The predicted octanol–water partition coefficient (Wildman–Crippen LogP) is 6.35. The van der Waals surface area contributed by atoms with Gasteiger partial charge in [0.15, 0.2) is 5.76 Å². The van der Waals surface area contributed by atoms with E-state index in [1.165, 1.54) is 11.8 Å². The van der Waals surface area contributed by atoms with Gasteiger partial charge in [0.2, 0.25) is 0 Å². The molecule has 0 saturated carbocycles. The molecule has 0 amide bonds. The molecule has 26 heavy (non-hydrogen) atoms. The molecule has 3 nitrogen and oxygen atoms in total. The number of aromatic nitrogens is 1. The summed E-state index contributed by atoms with van der Waals surface area (Å²) >= 11 is 1.33. The first-order valence-corrected chi connectivity index (χ1v) is 9.69. The molecule has 0 unspecified atom stereocenters. The molecule has 4 heteroatoms. The van der Waals surface area contributed by atoms with E-state index in [9.17, 15) is 4.79 Å². The van der Waals surface area contributed by atoms with Crippen LogP contribution in [-0.2, 0) is 4.79 Å². The van der Waals surface area contributed by atoms with Crippen LogP contribution in [0.3, 0.4) is 0 Å². The molecule has 0 N–H and O–H groups in total. The average Bonchev–Trinajstić information content (AvgIpc) is 3.05. The molecule has 2 aromatic carbocycles. The van der Waals surface area contributed by atoms with Crippen LogP contribution in [0.15, 0.2) is 70.3 Å². The van der Waals surface area contributed by atoms with Crippen molar-refractivity contribution < 1.29 is 9.21 Å². The van der Waals surface area contributed by atoms with Crippen LogP contribution in [0.2, 0.25) is 0 Å². The third-order valence-electron chi connectivity index (χ3n) is 3.09. The SMILES string of the molecule is CC(=O)CSc1nc(-c2ccccc2)c(-c2ccccc2)o1.CC(C)C. The van der Waals surface area contributed by atoms with Crippen molar-refractivity contribution in [2.75, 3.05) is 5.75 Å². The summed E-state index contributed by atoms with van der Waals surface area (Å²) in [4.78, 5) is 15.7. The second kappa shape index (κ2) is 9.97. The highest BCUT2D eigenvalue weighted by molar-refractivity contribution is 7.99. The number of benzene rings is 2. The van der Waals surface area contributed by atoms with Gasteiger partial charge in [0.25, 0.3) is 5.22 Å². The maximum absolute atomic E-state index is 11.2. The number of carbonyl (C=O) groups is 1. The molecular weight excluding hydrogens is 342 g/mol. The smallest absolute Gasteiger partial charge is 0.257 e. The van der Waals surface area contributed by atoms with Crippen molar-refractivity contribution in [1.82, 2.24) is 4.98 Å². The highest BCUT2D eigenvalue weighted by Crippen LogP contribution is 2.35. The number of hydrogen-bond donors (Lipinski definition) is 0. The van der Waals surface area contributed by atoms with E-state index in [1.54, 1.807) is 6.92 Å². The van der Waals surface area contributed by atoms with Crippen LogP contribution in [0.1, 0.15) is 27.7 Å². The molecule has 3 aromatic rings. The molecule has 0 aliphatic heterocycles. The number of Topliss-reactive ketones (excluding diaryl/α,β-unsaturated/α-hetero) is 1. The van der Waals surface area contributed by atoms with Gasteiger partial charge in [-0.3, -0.25) is 4.79 Å². The number of ketones is 1. The molecule has 0 fully saturated rings. The van der Waals surface area contributed by atoms with Crippen LogP contribution in [0, 0.1) is 5.92 Å². The van der Waals surface area contributed by atoms with E-state index >= 15 is 0 Å². The molecule has 0 atom stereocenters. The number of rotatable bonds is 5. The normalized spacial score (nSPS) is 10.3. The summed E-state index contributed by atoms with van der Waals surface area (Å²) in [5.74, 6) is 2.03. The first kappa shape index (κ1) is 20.0. The van der Waals surface area contributed by atoms with Gasteiger partial charge in [0.05, 0.1) is 5.75 Å². The van der Waals surface area contributed by atoms with Crippen LogP contribution >= 0.6 is 11.8 Å². The lowest BCUT2D eigenvalue weighted by molar-refractivity contribution is -0.114. The number of nitrogens with zero attached hydrogens (tertiary/aromatic N) is 1. The quantitative estimate of drug-likeness (QED) is 0.493. The van der Waals surface area contributed by atoms with Gasteiger partial charge in [0.1, 0.15) is 11.5 Å². The lowest BCUT2D eigenvalue weighted by Gasteiger charge is -2.00. The minimum absolute atomic E-state index is 0.103. The van der Waals surface area contributed by atoms with Gasteiger partial charge >= 0.3 is 0 Å². The maximum atomic E-state index is 11.2. The third kappa shape index (κ3) is 6.19. The Labute approximate surface area is 159 Å². The van der Waals surface area contributed by atoms with Crippen LogP contribution < -0.4 is 0 Å². The molecule has 1 aromatic heterocycles. The van der Waals surface area contributed by atoms with E-state index in [2.05, 4.69) is 25.8 Å². The molecule has 1 heterocycles. The molecule has 0 spiro atoms. The maximum Gasteiger partial charge on any atom is 0.257 e. The standard InChI is InChI=1S/C18H15NO2S.C4H10/c1-13(20)12-22-18-19-16(14-8-4-2-5-9-14)17(21-18)15-10-6-3-7-11-15;1-4(2)3/h2-11H,12H2,1H3;4H,1-3H3. The Kier molecular flexibility index (Phi) is 7.67. The van der Waals surface area contributed by atoms with Crippen molar-refractivity contribution in [3.8, 4) is 22.6 Å². The molecule has 0 bridgehead atoms. The second-order valence-electron chi connectivity index (χ2n) is 6.61. The minimum Gasteiger partial charge on any atom is -0.431 e. The van der Waals surface area contributed by atoms with Gasteiger partial charge in [-0.2, -0.15) is 0 Å². The van der Waals surface area contributed by atoms with E-state index in [0.717, 1.165) is 28.5 Å². The highest BCUT2D eigenvalue weighted by atomic mass is 32.2. The van der Waals surface area contributed by atoms with Crippen molar-refractivity contribution >= 4 is 17.5 Å². The lowest BCUT2D eigenvalue weighted by Crippen LogP contribution is -1.92. The van der Waals surface area contributed by atoms with Crippen LogP contribution in [0.4, 0.5) is 0 Å². The van der Waals surface area contributed by atoms with Crippen molar-refractivity contribution in [3.05, 3.63) is 60.7 Å². The van der Waals surface area contributed by atoms with Crippen LogP contribution in [0.25, 0.3) is 22.6 Å². The number of hydrogen-bond acceptors (Lipinski definition) is 4. The Balaban J connectivity index is 0.000000552. The summed E-state index contributed by atoms with van der Waals surface area (Å²) in [6.45, 7) is 8.06. The first-order chi connectivity index (χ1) is 12.5. The second-order valence-corrected chi connectivity index (χ2v) is 7.54. The topological polar surface area (TPSA) is 43.1 Å². The fraction of sp³-hybridized carbons (Fsp3) is 0.273. The molecular formula is C22H25NO2S. The van der Waals surface area contributed by atoms with Crippen molar-refractivity contribution in [2.24, 2.45) is 5.92 Å². The third-order valence-corrected chi connectivity index (χ3v) is 4.06. The fourth-order valence-corrected chi connectivity index (χ4v) is 2.73. The predicted molar refractivity (Wildman–Crippen MR) is 109 cm³/mol. The van der Waals surface area contributed by atoms with Gasteiger partial charge in [0, 0.05) is 11.1 Å². The summed E-state index contributed by atoms with van der Waals surface area (Å²) in [6, 6.07) is 19.8. The molecule has 0 saturated heterocycles. The lowest BCUT2D eigenvalue weighted by atomic mass is 10.1. The van der Waals surface area contributed by atoms with Crippen LogP contribution in [-0.4, -0.2) is 16.5 Å². The van der Waals surface area contributed by atoms with E-state index < -0.39 is 0 Å². The van der Waals surface area contributed by atoms with Gasteiger partial charge in [-0.25, -0.2) is 4.98 Å². The summed E-state index contributed by atoms with van der Waals surface area (Å²) in [7, 11) is 0. The molecule has 0 aliphatic carbocycles. The van der Waals surface area contributed by atoms with E-state index in [1.807, 2.05) is 60.7 Å². The van der Waals surface area contributed by atoms with Crippen LogP contribution in [0.5, 0.6) is 0 Å². The summed E-state index contributed by atoms with van der Waals surface area (Å²) < 4.78 is 5.91. The zero-order valence-corrected chi connectivity index (χ0v) is 16.5. The summed E-state index contributed by atoms with van der Waals surface area (Å²) in [5.41, 5.74) is 2.78. The van der Waals surface area contributed by atoms with Gasteiger partial charge in [-0.15, -0.1) is 0 Å². The van der Waals surface area contributed by atoms with Gasteiger partial charge in [-0.1, -0.05) is 93.2 Å². The van der Waals surface area contributed by atoms with Crippen molar-refractivity contribution in [3.63, 3.8) is 0 Å². The molecule has 3 rings (SSSR count). The van der Waals surface area contributed by atoms with E-state index in [4.69, 9.17) is 4.42 Å². The summed E-state index contributed by atoms with van der Waals surface area (Å²) in [5, 5.41) is 0.521. The number of thioether (sulfide) groups is 1. The Hall–Kier alpha value is -2.33. The first-order valence-electron chi connectivity index (χ1n) is 8.71. The van der Waals surface area contributed by atoms with Crippen molar-refractivity contribution in [1.29, 1.82) is 0 Å².